The van der Waals surface area contributed by atoms with Gasteiger partial charge in [0.25, 0.3) is 23.6 Å². The lowest BCUT2D eigenvalue weighted by Gasteiger charge is -2.21. The van der Waals surface area contributed by atoms with Gasteiger partial charge in [0.1, 0.15) is 41.3 Å². The molecule has 0 bridgehead atoms. The van der Waals surface area contributed by atoms with Crippen LogP contribution in [0.3, 0.4) is 0 Å². The van der Waals surface area contributed by atoms with Crippen LogP contribution in [0.2, 0.25) is 0 Å². The van der Waals surface area contributed by atoms with Gasteiger partial charge in [0.2, 0.25) is 23.6 Å². The lowest BCUT2D eigenvalue weighted by molar-refractivity contribution is -0.118. The number of primary amides is 1. The minimum Gasteiger partial charge on any atom is -0.496 e. The molecule has 0 radical (unpaired) electrons. The molecule has 0 aromatic heterocycles. The predicted molar refractivity (Wildman–Crippen MR) is 323 cm³/mol. The monoisotopic (exact) mass is 1210 g/mol. The van der Waals surface area contributed by atoms with E-state index in [1.54, 1.807) is 0 Å². The average molecular weight is 1210 g/mol. The highest BCUT2D eigenvalue weighted by atomic mass is 19.1. The number of rotatable bonds is 33. The lowest BCUT2D eigenvalue weighted by Crippen LogP contribution is -2.45. The second-order valence-corrected chi connectivity index (χ2v) is 19.0. The van der Waals surface area contributed by atoms with Crippen molar-refractivity contribution in [1.29, 1.82) is 0 Å². The van der Waals surface area contributed by atoms with Gasteiger partial charge in [-0.25, -0.2) is 8.78 Å². The first kappa shape index (κ1) is 68.6. The number of nitrogens with one attached hydrogen (secondary N) is 7. The fraction of sp³-hybridized carbons (Fsp3) is 0.333. The van der Waals surface area contributed by atoms with Gasteiger partial charge < -0.3 is 104 Å². The predicted octanol–water partition coefficient (Wildman–Crippen LogP) is -1.23. The van der Waals surface area contributed by atoms with E-state index in [9.17, 15) is 38.4 Å². The Hall–Kier alpha value is -10.9. The third kappa shape index (κ3) is 22.7. The molecule has 4 aromatic carbocycles. The molecule has 8 amide bonds. The standard InChI is InChI=1S/C54H73F2N21O10/c1-86-41-17-13-29(25-33(41)43(58)78)73-50(85)40(10-6-22-70-54(65)66)77-46(81)34-26-30(14-18-42(34)87-2)74-49(84)39(9-5-21-69-53(63)64)76-45(80)32-24-28(12-16-36(32)56)72-48(83)38(8-4-20-68-52(61)62)75-44(79)31-23-27(11-15-35(31)55)71-47(82)37(57)7-3-19-67-51(59)60/h11-18,23-26,37-40H,3-10,19-22,57H2,1-2H3,(H2,58,78)(H,71,82)(H,72,83)(H,73,85)(H,74,84)(H,75,79)(H,76,80)(H,77,81)(H4,59,60,67)(H4,61,62,68)(H4,63,64,69)(H4,65,66,70)/t37-,38-,39-,40-/m1/s1. The Morgan fingerprint density at radius 2 is 0.701 bits per heavy atom. The molecule has 468 valence electrons. The van der Waals surface area contributed by atoms with Crippen molar-refractivity contribution in [3.8, 4) is 11.5 Å². The van der Waals surface area contributed by atoms with Crippen molar-refractivity contribution in [2.45, 2.75) is 75.5 Å². The van der Waals surface area contributed by atoms with E-state index in [1.165, 1.54) is 56.7 Å². The summed E-state index contributed by atoms with van der Waals surface area (Å²) in [6.07, 6.45) is 0.652. The van der Waals surface area contributed by atoms with Crippen LogP contribution in [0.15, 0.2) is 92.8 Å². The number of ether oxygens (including phenoxy) is 2. The van der Waals surface area contributed by atoms with Crippen LogP contribution in [0.4, 0.5) is 31.5 Å². The van der Waals surface area contributed by atoms with Gasteiger partial charge in [-0.2, -0.15) is 0 Å². The molecule has 0 saturated carbocycles. The smallest absolute Gasteiger partial charge is 0.255 e. The summed E-state index contributed by atoms with van der Waals surface area (Å²) in [6.45, 7) is 0.295. The lowest BCUT2D eigenvalue weighted by atomic mass is 10.1. The topological polar surface area (TPSA) is 549 Å². The van der Waals surface area contributed by atoms with Gasteiger partial charge in [-0.1, -0.05) is 0 Å². The summed E-state index contributed by atoms with van der Waals surface area (Å²) in [4.78, 5) is 124. The number of amides is 8. The highest BCUT2D eigenvalue weighted by Crippen LogP contribution is 2.26. The van der Waals surface area contributed by atoms with Gasteiger partial charge in [-0.3, -0.25) is 58.3 Å². The number of hydrogen-bond donors (Lipinski definition) is 17. The van der Waals surface area contributed by atoms with Crippen LogP contribution < -0.4 is 104 Å². The molecule has 0 heterocycles. The molecule has 0 unspecified atom stereocenters. The van der Waals surface area contributed by atoms with E-state index < -0.39 is 94.2 Å². The maximum atomic E-state index is 15.7. The Balaban J connectivity index is 1.57. The first-order chi connectivity index (χ1) is 41.3. The van der Waals surface area contributed by atoms with Crippen molar-refractivity contribution in [3.63, 3.8) is 0 Å². The van der Waals surface area contributed by atoms with E-state index in [0.717, 1.165) is 30.3 Å². The Bertz CT molecular complexity index is 3260. The summed E-state index contributed by atoms with van der Waals surface area (Å²) in [5.74, 6) is -9.85. The van der Waals surface area contributed by atoms with Crippen LogP contribution in [0.1, 0.15) is 92.8 Å². The number of halogens is 2. The largest absolute Gasteiger partial charge is 0.496 e. The minimum atomic E-state index is -1.45. The molecule has 4 aromatic rings. The number of guanidine groups is 4. The summed E-state index contributed by atoms with van der Waals surface area (Å²) in [7, 11) is 2.60. The second-order valence-electron chi connectivity index (χ2n) is 19.0. The van der Waals surface area contributed by atoms with Gasteiger partial charge in [-0.05, 0) is 124 Å². The number of anilines is 4. The van der Waals surface area contributed by atoms with E-state index in [1.807, 2.05) is 0 Å². The number of carbonyl (C=O) groups is 8. The molecule has 4 rings (SSSR count). The molecule has 27 N–H and O–H groups in total. The van der Waals surface area contributed by atoms with E-state index in [4.69, 9.17) is 66.8 Å². The molecule has 33 heteroatoms. The zero-order chi connectivity index (χ0) is 64.3. The van der Waals surface area contributed by atoms with Crippen LogP contribution in [0, 0.1) is 11.6 Å². The second kappa shape index (κ2) is 34.0. The maximum absolute atomic E-state index is 15.7. The maximum Gasteiger partial charge on any atom is 0.255 e. The first-order valence-corrected chi connectivity index (χ1v) is 26.7. The van der Waals surface area contributed by atoms with E-state index >= 15 is 8.78 Å². The van der Waals surface area contributed by atoms with Gasteiger partial charge in [0, 0.05) is 48.9 Å². The van der Waals surface area contributed by atoms with Crippen molar-refractivity contribution in [3.05, 3.63) is 107 Å². The average Bonchev–Trinajstić information content (AvgIpc) is 1.76. The molecular formula is C54H73F2N21O10. The molecule has 4 atom stereocenters. The van der Waals surface area contributed by atoms with Crippen LogP contribution in [-0.4, -0.2) is 136 Å². The molecular weight excluding hydrogens is 1140 g/mol. The molecule has 0 saturated heterocycles. The van der Waals surface area contributed by atoms with Crippen molar-refractivity contribution in [2.75, 3.05) is 61.7 Å². The van der Waals surface area contributed by atoms with Crippen molar-refractivity contribution >= 4 is 93.8 Å². The van der Waals surface area contributed by atoms with E-state index in [0.29, 0.717) is 6.42 Å². The number of hydrogen-bond acceptors (Lipinski definition) is 15. The normalized spacial score (nSPS) is 12.0. The highest BCUT2D eigenvalue weighted by molar-refractivity contribution is 6.07. The van der Waals surface area contributed by atoms with Crippen molar-refractivity contribution in [1.82, 2.24) is 16.0 Å². The fourth-order valence-electron chi connectivity index (χ4n) is 8.09. The molecule has 0 aliphatic heterocycles. The summed E-state index contributed by atoms with van der Waals surface area (Å²) in [5.41, 5.74) is 53.6. The summed E-state index contributed by atoms with van der Waals surface area (Å²) in [6, 6.07) is 9.02. The summed E-state index contributed by atoms with van der Waals surface area (Å²) >= 11 is 0. The Labute approximate surface area is 497 Å². The fourth-order valence-corrected chi connectivity index (χ4v) is 8.09. The summed E-state index contributed by atoms with van der Waals surface area (Å²) in [5, 5.41) is 17.9. The van der Waals surface area contributed by atoms with Crippen molar-refractivity contribution in [2.24, 2.45) is 77.3 Å². The summed E-state index contributed by atoms with van der Waals surface area (Å²) < 4.78 is 41.5. The highest BCUT2D eigenvalue weighted by Gasteiger charge is 2.29. The molecule has 0 aliphatic carbocycles. The van der Waals surface area contributed by atoms with Gasteiger partial charge in [0.05, 0.1) is 42.5 Å². The number of aliphatic imine (C=N–C) groups is 4. The van der Waals surface area contributed by atoms with E-state index in [2.05, 4.69) is 57.2 Å². The molecule has 0 fully saturated rings. The Kier molecular flexibility index (Phi) is 26.9. The number of carbonyl (C=O) groups excluding carboxylic acids is 8. The van der Waals surface area contributed by atoms with Crippen LogP contribution in [0.25, 0.3) is 0 Å². The molecule has 31 nitrogen and oxygen atoms in total. The molecule has 0 aliphatic rings. The third-order valence-corrected chi connectivity index (χ3v) is 12.4. The molecule has 87 heavy (non-hydrogen) atoms. The van der Waals surface area contributed by atoms with Crippen LogP contribution >= 0.6 is 0 Å². The zero-order valence-electron chi connectivity index (χ0n) is 47.6. The number of methoxy groups -OCH3 is 2. The van der Waals surface area contributed by atoms with Gasteiger partial charge in [0.15, 0.2) is 23.8 Å². The molecule has 0 spiro atoms. The Morgan fingerprint density at radius 1 is 0.414 bits per heavy atom. The zero-order valence-corrected chi connectivity index (χ0v) is 47.6. The first-order valence-electron chi connectivity index (χ1n) is 26.7. The third-order valence-electron chi connectivity index (χ3n) is 12.4. The number of nitrogens with zero attached hydrogens (tertiary/aromatic N) is 4. The minimum absolute atomic E-state index is 0.000357. The number of nitrogens with two attached hydrogens (primary N) is 10. The van der Waals surface area contributed by atoms with Gasteiger partial charge >= 0.3 is 0 Å². The number of benzene rings is 4. The van der Waals surface area contributed by atoms with Crippen LogP contribution in [0.5, 0.6) is 11.5 Å². The van der Waals surface area contributed by atoms with Gasteiger partial charge in [-0.15, -0.1) is 0 Å². The van der Waals surface area contributed by atoms with E-state index in [-0.39, 0.29) is 140 Å². The van der Waals surface area contributed by atoms with Crippen LogP contribution in [-0.2, 0) is 19.2 Å². The Morgan fingerprint density at radius 3 is 1.03 bits per heavy atom. The quantitative estimate of drug-likeness (QED) is 0.0151. The van der Waals surface area contributed by atoms with Crippen molar-refractivity contribution < 1.29 is 56.6 Å². The SMILES string of the molecule is COc1ccc(NC(=O)[C@@H](CCCN=C(N)N)NC(=O)c2cc(NC(=O)[C@@H](CCCN=C(N)N)NC(=O)c3cc(NC(=O)[C@@H](CCCN=C(N)N)NC(=O)c4cc(NC(=O)[C@H](N)CCCN=C(N)N)ccc4F)ccc3F)ccc2OC)cc1C(N)=O.